The van der Waals surface area contributed by atoms with Crippen LogP contribution in [0, 0.1) is 18.3 Å². The van der Waals surface area contributed by atoms with E-state index in [1.165, 1.54) is 0 Å². The number of nitrogens with zero attached hydrogens (tertiary/aromatic N) is 1. The molecule has 0 amide bonds. The lowest BCUT2D eigenvalue weighted by Gasteiger charge is -2.11. The fraction of sp³-hybridized carbons (Fsp3) is 0.188. The zero-order valence-electron chi connectivity index (χ0n) is 10.9. The second kappa shape index (κ2) is 5.77. The normalized spacial score (nSPS) is 10.0. The van der Waals surface area contributed by atoms with E-state index < -0.39 is 0 Å². The standard InChI is InChI=1S/C16H14ClNO/c1-3-12-9-14(7-8-15(12)17)19-16-11(2)5-4-6-13(16)10-18/h4-9H,3H2,1-2H3. The van der Waals surface area contributed by atoms with Crippen molar-refractivity contribution >= 4 is 11.6 Å². The largest absolute Gasteiger partial charge is 0.456 e. The smallest absolute Gasteiger partial charge is 0.148 e. The van der Waals surface area contributed by atoms with E-state index in [1.54, 1.807) is 6.07 Å². The Morgan fingerprint density at radius 1 is 1.26 bits per heavy atom. The number of hydrogen-bond acceptors (Lipinski definition) is 2. The molecular weight excluding hydrogens is 258 g/mol. The molecule has 0 bridgehead atoms. The zero-order chi connectivity index (χ0) is 13.8. The fourth-order valence-electron chi connectivity index (χ4n) is 1.88. The van der Waals surface area contributed by atoms with Crippen LogP contribution in [0.1, 0.15) is 23.6 Å². The topological polar surface area (TPSA) is 33.0 Å². The van der Waals surface area contributed by atoms with Gasteiger partial charge in [0.1, 0.15) is 17.6 Å². The van der Waals surface area contributed by atoms with Crippen LogP contribution in [0.4, 0.5) is 0 Å². The molecule has 0 saturated heterocycles. The van der Waals surface area contributed by atoms with Gasteiger partial charge in [0, 0.05) is 5.02 Å². The van der Waals surface area contributed by atoms with E-state index >= 15 is 0 Å². The maximum Gasteiger partial charge on any atom is 0.148 e. The van der Waals surface area contributed by atoms with E-state index in [4.69, 9.17) is 21.6 Å². The van der Waals surface area contributed by atoms with Gasteiger partial charge in [-0.15, -0.1) is 0 Å². The summed E-state index contributed by atoms with van der Waals surface area (Å²) >= 11 is 6.08. The second-order valence-electron chi connectivity index (χ2n) is 4.27. The molecule has 0 aliphatic rings. The molecule has 0 atom stereocenters. The summed E-state index contributed by atoms with van der Waals surface area (Å²) in [6, 6.07) is 13.2. The van der Waals surface area contributed by atoms with Crippen LogP contribution in [0.25, 0.3) is 0 Å². The predicted octanol–water partition coefficient (Wildman–Crippen LogP) is 4.87. The van der Waals surface area contributed by atoms with Gasteiger partial charge in [0.25, 0.3) is 0 Å². The van der Waals surface area contributed by atoms with Gasteiger partial charge >= 0.3 is 0 Å². The average Bonchev–Trinajstić information content (AvgIpc) is 2.43. The molecule has 0 N–H and O–H groups in total. The Kier molecular flexibility index (Phi) is 4.09. The number of aryl methyl sites for hydroxylation is 2. The molecule has 96 valence electrons. The van der Waals surface area contributed by atoms with Gasteiger partial charge in [-0.2, -0.15) is 5.26 Å². The summed E-state index contributed by atoms with van der Waals surface area (Å²) in [6.07, 6.45) is 0.842. The van der Waals surface area contributed by atoms with Crippen molar-refractivity contribution in [3.63, 3.8) is 0 Å². The quantitative estimate of drug-likeness (QED) is 0.797. The Hall–Kier alpha value is -1.98. The SMILES string of the molecule is CCc1cc(Oc2c(C)cccc2C#N)ccc1Cl. The molecule has 0 unspecified atom stereocenters. The summed E-state index contributed by atoms with van der Waals surface area (Å²) in [7, 11) is 0. The minimum Gasteiger partial charge on any atom is -0.456 e. The van der Waals surface area contributed by atoms with Gasteiger partial charge in [-0.05, 0) is 48.7 Å². The predicted molar refractivity (Wildman–Crippen MR) is 76.8 cm³/mol. The number of benzene rings is 2. The highest BCUT2D eigenvalue weighted by molar-refractivity contribution is 6.31. The van der Waals surface area contributed by atoms with Crippen molar-refractivity contribution in [1.82, 2.24) is 0 Å². The molecule has 3 heteroatoms. The van der Waals surface area contributed by atoms with Gasteiger partial charge < -0.3 is 4.74 Å². The zero-order valence-corrected chi connectivity index (χ0v) is 11.7. The first kappa shape index (κ1) is 13.5. The van der Waals surface area contributed by atoms with E-state index in [2.05, 4.69) is 6.07 Å². The van der Waals surface area contributed by atoms with Crippen LogP contribution in [-0.2, 0) is 6.42 Å². The highest BCUT2D eigenvalue weighted by atomic mass is 35.5. The lowest BCUT2D eigenvalue weighted by Crippen LogP contribution is -1.92. The molecule has 0 spiro atoms. The molecule has 0 radical (unpaired) electrons. The van der Waals surface area contributed by atoms with Crippen LogP contribution >= 0.6 is 11.6 Å². The molecule has 2 aromatic carbocycles. The summed E-state index contributed by atoms with van der Waals surface area (Å²) in [5, 5.41) is 9.85. The number of halogens is 1. The van der Waals surface area contributed by atoms with Crippen molar-refractivity contribution in [3.05, 3.63) is 58.1 Å². The lowest BCUT2D eigenvalue weighted by molar-refractivity contribution is 0.476. The van der Waals surface area contributed by atoms with Gasteiger partial charge in [-0.3, -0.25) is 0 Å². The molecular formula is C16H14ClNO. The first-order valence-electron chi connectivity index (χ1n) is 6.11. The number of rotatable bonds is 3. The van der Waals surface area contributed by atoms with Gasteiger partial charge in [-0.1, -0.05) is 30.7 Å². The summed E-state index contributed by atoms with van der Waals surface area (Å²) in [5.74, 6) is 1.31. The number of para-hydroxylation sites is 1. The molecule has 0 saturated carbocycles. The number of hydrogen-bond donors (Lipinski definition) is 0. The average molecular weight is 272 g/mol. The first-order chi connectivity index (χ1) is 9.15. The molecule has 19 heavy (non-hydrogen) atoms. The summed E-state index contributed by atoms with van der Waals surface area (Å²) in [5.41, 5.74) is 2.51. The van der Waals surface area contributed by atoms with Crippen LogP contribution < -0.4 is 4.74 Å². The van der Waals surface area contributed by atoms with Crippen LogP contribution in [0.15, 0.2) is 36.4 Å². The van der Waals surface area contributed by atoms with E-state index in [9.17, 15) is 0 Å². The van der Waals surface area contributed by atoms with Crippen molar-refractivity contribution in [2.45, 2.75) is 20.3 Å². The van der Waals surface area contributed by atoms with E-state index in [0.717, 1.165) is 22.6 Å². The molecule has 2 nitrogen and oxygen atoms in total. The number of nitriles is 1. The lowest BCUT2D eigenvalue weighted by atomic mass is 10.1. The minimum absolute atomic E-state index is 0.535. The van der Waals surface area contributed by atoms with E-state index in [-0.39, 0.29) is 0 Å². The monoisotopic (exact) mass is 271 g/mol. The molecule has 2 rings (SSSR count). The van der Waals surface area contributed by atoms with Gasteiger partial charge in [-0.25, -0.2) is 0 Å². The van der Waals surface area contributed by atoms with Gasteiger partial charge in [0.15, 0.2) is 0 Å². The number of ether oxygens (including phenoxy) is 1. The summed E-state index contributed by atoms with van der Waals surface area (Å²) in [4.78, 5) is 0. The molecule has 0 aliphatic heterocycles. The molecule has 0 heterocycles. The first-order valence-corrected chi connectivity index (χ1v) is 6.49. The van der Waals surface area contributed by atoms with Crippen LogP contribution in [0.3, 0.4) is 0 Å². The van der Waals surface area contributed by atoms with E-state index in [0.29, 0.717) is 17.1 Å². The van der Waals surface area contributed by atoms with Crippen molar-refractivity contribution in [3.8, 4) is 17.6 Å². The molecule has 2 aromatic rings. The third kappa shape index (κ3) is 2.89. The van der Waals surface area contributed by atoms with Crippen molar-refractivity contribution in [1.29, 1.82) is 5.26 Å². The summed E-state index contributed by atoms with van der Waals surface area (Å²) < 4.78 is 5.85. The fourth-order valence-corrected chi connectivity index (χ4v) is 2.13. The Morgan fingerprint density at radius 3 is 2.74 bits per heavy atom. The minimum atomic E-state index is 0.535. The highest BCUT2D eigenvalue weighted by Gasteiger charge is 2.09. The maximum atomic E-state index is 9.11. The molecule has 0 aromatic heterocycles. The third-order valence-corrected chi connectivity index (χ3v) is 3.32. The van der Waals surface area contributed by atoms with E-state index in [1.807, 2.05) is 44.2 Å². The molecule has 0 aliphatic carbocycles. The van der Waals surface area contributed by atoms with Gasteiger partial charge in [0.2, 0.25) is 0 Å². The van der Waals surface area contributed by atoms with Crippen molar-refractivity contribution < 1.29 is 4.74 Å². The second-order valence-corrected chi connectivity index (χ2v) is 4.68. The van der Waals surface area contributed by atoms with Gasteiger partial charge in [0.05, 0.1) is 5.56 Å². The van der Waals surface area contributed by atoms with Crippen LogP contribution in [-0.4, -0.2) is 0 Å². The maximum absolute atomic E-state index is 9.11. The van der Waals surface area contributed by atoms with Crippen LogP contribution in [0.5, 0.6) is 11.5 Å². The van der Waals surface area contributed by atoms with Crippen LogP contribution in [0.2, 0.25) is 5.02 Å². The molecule has 0 fully saturated rings. The Morgan fingerprint density at radius 2 is 2.05 bits per heavy atom. The summed E-state index contributed by atoms with van der Waals surface area (Å²) in [6.45, 7) is 3.96. The Balaban J connectivity index is 2.39. The van der Waals surface area contributed by atoms with Crippen molar-refractivity contribution in [2.75, 3.05) is 0 Å². The Bertz CT molecular complexity index is 644. The third-order valence-electron chi connectivity index (χ3n) is 2.95. The van der Waals surface area contributed by atoms with Crippen molar-refractivity contribution in [2.24, 2.45) is 0 Å². The Labute approximate surface area is 118 Å². The highest BCUT2D eigenvalue weighted by Crippen LogP contribution is 2.30.